The van der Waals surface area contributed by atoms with E-state index in [0.717, 1.165) is 17.8 Å². The molecule has 0 unspecified atom stereocenters. The number of nitrogens with zero attached hydrogens (tertiary/aromatic N) is 1. The number of benzene rings is 1. The molecule has 1 heterocycles. The first kappa shape index (κ1) is 14.6. The predicted molar refractivity (Wildman–Crippen MR) is 83.4 cm³/mol. The van der Waals surface area contributed by atoms with E-state index in [2.05, 4.69) is 49.6 Å². The standard InChI is InChI=1S/C18H23NO/c1-13-17(14(2)20)10-11-19(13)12-15-6-8-16(9-7-15)18(3,4)5/h6-11H,12H2,1-5H3. The maximum atomic E-state index is 11.5. The highest BCUT2D eigenvalue weighted by atomic mass is 16.1. The van der Waals surface area contributed by atoms with Crippen LogP contribution < -0.4 is 0 Å². The number of rotatable bonds is 3. The van der Waals surface area contributed by atoms with Crippen molar-refractivity contribution in [1.82, 2.24) is 4.57 Å². The number of aromatic nitrogens is 1. The molecular formula is C18H23NO. The maximum absolute atomic E-state index is 11.5. The molecule has 0 aliphatic heterocycles. The molecule has 2 nitrogen and oxygen atoms in total. The minimum atomic E-state index is 0.129. The fraction of sp³-hybridized carbons (Fsp3) is 0.389. The van der Waals surface area contributed by atoms with Gasteiger partial charge in [-0.15, -0.1) is 0 Å². The van der Waals surface area contributed by atoms with Crippen molar-refractivity contribution in [2.24, 2.45) is 0 Å². The second-order valence-electron chi connectivity index (χ2n) is 6.45. The van der Waals surface area contributed by atoms with E-state index >= 15 is 0 Å². The topological polar surface area (TPSA) is 22.0 Å². The number of Topliss-reactive ketones (excluding diaryl/α,β-unsaturated/α-hetero) is 1. The quantitative estimate of drug-likeness (QED) is 0.759. The van der Waals surface area contributed by atoms with Gasteiger partial charge in [0.15, 0.2) is 5.78 Å². The third kappa shape index (κ3) is 3.01. The Morgan fingerprint density at radius 1 is 1.10 bits per heavy atom. The van der Waals surface area contributed by atoms with Gasteiger partial charge < -0.3 is 4.57 Å². The first-order valence-electron chi connectivity index (χ1n) is 7.05. The zero-order chi connectivity index (χ0) is 14.9. The van der Waals surface area contributed by atoms with E-state index in [1.807, 2.05) is 19.2 Å². The van der Waals surface area contributed by atoms with Crippen molar-refractivity contribution < 1.29 is 4.79 Å². The molecular weight excluding hydrogens is 246 g/mol. The molecule has 0 bridgehead atoms. The molecule has 2 heteroatoms. The monoisotopic (exact) mass is 269 g/mol. The normalized spacial score (nSPS) is 11.7. The van der Waals surface area contributed by atoms with Crippen LogP contribution in [0, 0.1) is 6.92 Å². The molecule has 1 aromatic heterocycles. The Hall–Kier alpha value is -1.83. The van der Waals surface area contributed by atoms with Crippen molar-refractivity contribution >= 4 is 5.78 Å². The van der Waals surface area contributed by atoms with Gasteiger partial charge in [0.25, 0.3) is 0 Å². The summed E-state index contributed by atoms with van der Waals surface area (Å²) in [6, 6.07) is 10.6. The van der Waals surface area contributed by atoms with E-state index < -0.39 is 0 Å². The van der Waals surface area contributed by atoms with Gasteiger partial charge in [-0.3, -0.25) is 4.79 Å². The first-order valence-corrected chi connectivity index (χ1v) is 7.05. The molecule has 106 valence electrons. The van der Waals surface area contributed by atoms with Crippen LogP contribution in [-0.2, 0) is 12.0 Å². The Morgan fingerprint density at radius 2 is 1.70 bits per heavy atom. The Labute approximate surface area is 121 Å². The Balaban J connectivity index is 2.21. The highest BCUT2D eigenvalue weighted by Gasteiger charge is 2.13. The van der Waals surface area contributed by atoms with Gasteiger partial charge >= 0.3 is 0 Å². The molecule has 0 aliphatic carbocycles. The Morgan fingerprint density at radius 3 is 2.15 bits per heavy atom. The van der Waals surface area contributed by atoms with Gasteiger partial charge in [-0.05, 0) is 36.5 Å². The summed E-state index contributed by atoms with van der Waals surface area (Å²) in [5.74, 6) is 0.129. The maximum Gasteiger partial charge on any atom is 0.161 e. The molecule has 0 N–H and O–H groups in total. The molecule has 1 aromatic carbocycles. The minimum Gasteiger partial charge on any atom is -0.347 e. The lowest BCUT2D eigenvalue weighted by Crippen LogP contribution is -2.11. The molecule has 0 spiro atoms. The molecule has 0 fully saturated rings. The fourth-order valence-electron chi connectivity index (χ4n) is 2.40. The molecule has 0 amide bonds. The highest BCUT2D eigenvalue weighted by molar-refractivity contribution is 5.95. The van der Waals surface area contributed by atoms with Gasteiger partial charge in [0.05, 0.1) is 0 Å². The third-order valence-electron chi connectivity index (χ3n) is 3.79. The van der Waals surface area contributed by atoms with Crippen molar-refractivity contribution in [3.8, 4) is 0 Å². The summed E-state index contributed by atoms with van der Waals surface area (Å²) in [7, 11) is 0. The van der Waals surface area contributed by atoms with Gasteiger partial charge in [0, 0.05) is 24.0 Å². The summed E-state index contributed by atoms with van der Waals surface area (Å²) in [6.07, 6.45) is 1.99. The molecule has 0 saturated carbocycles. The number of hydrogen-bond acceptors (Lipinski definition) is 1. The van der Waals surface area contributed by atoms with Crippen molar-refractivity contribution in [3.63, 3.8) is 0 Å². The van der Waals surface area contributed by atoms with Crippen LogP contribution in [-0.4, -0.2) is 10.4 Å². The highest BCUT2D eigenvalue weighted by Crippen LogP contribution is 2.22. The summed E-state index contributed by atoms with van der Waals surface area (Å²) in [5.41, 5.74) is 4.64. The van der Waals surface area contributed by atoms with E-state index in [0.29, 0.717) is 0 Å². The van der Waals surface area contributed by atoms with E-state index in [4.69, 9.17) is 0 Å². The van der Waals surface area contributed by atoms with Crippen LogP contribution in [0.1, 0.15) is 54.9 Å². The summed E-state index contributed by atoms with van der Waals surface area (Å²) in [4.78, 5) is 11.5. The smallest absolute Gasteiger partial charge is 0.161 e. The van der Waals surface area contributed by atoms with E-state index in [1.165, 1.54) is 11.1 Å². The number of hydrogen-bond donors (Lipinski definition) is 0. The molecule has 0 aliphatic rings. The van der Waals surface area contributed by atoms with Gasteiger partial charge in [-0.25, -0.2) is 0 Å². The van der Waals surface area contributed by atoms with Crippen LogP contribution in [0.5, 0.6) is 0 Å². The number of carbonyl (C=O) groups excluding carboxylic acids is 1. The van der Waals surface area contributed by atoms with Gasteiger partial charge in [-0.1, -0.05) is 45.0 Å². The molecule has 0 radical (unpaired) electrons. The van der Waals surface area contributed by atoms with E-state index in [9.17, 15) is 4.79 Å². The molecule has 20 heavy (non-hydrogen) atoms. The lowest BCUT2D eigenvalue weighted by atomic mass is 9.87. The Kier molecular flexibility index (Phi) is 3.85. The lowest BCUT2D eigenvalue weighted by Gasteiger charge is -2.19. The molecule has 2 aromatic rings. The largest absolute Gasteiger partial charge is 0.347 e. The van der Waals surface area contributed by atoms with Crippen LogP contribution in [0.25, 0.3) is 0 Å². The van der Waals surface area contributed by atoms with Crippen molar-refractivity contribution in [1.29, 1.82) is 0 Å². The summed E-state index contributed by atoms with van der Waals surface area (Å²) >= 11 is 0. The molecule has 2 rings (SSSR count). The Bertz CT molecular complexity index is 612. The van der Waals surface area contributed by atoms with Gasteiger partial charge in [0.2, 0.25) is 0 Å². The van der Waals surface area contributed by atoms with Crippen LogP contribution in [0.2, 0.25) is 0 Å². The average Bonchev–Trinajstić information content (AvgIpc) is 2.71. The summed E-state index contributed by atoms with van der Waals surface area (Å²) in [5, 5.41) is 0. The van der Waals surface area contributed by atoms with Crippen LogP contribution in [0.15, 0.2) is 36.5 Å². The second kappa shape index (κ2) is 5.28. The summed E-state index contributed by atoms with van der Waals surface area (Å²) < 4.78 is 2.13. The van der Waals surface area contributed by atoms with Crippen LogP contribution in [0.4, 0.5) is 0 Å². The van der Waals surface area contributed by atoms with Gasteiger partial charge in [0.1, 0.15) is 0 Å². The zero-order valence-electron chi connectivity index (χ0n) is 13.0. The van der Waals surface area contributed by atoms with Crippen molar-refractivity contribution in [3.05, 3.63) is 58.9 Å². The number of ketones is 1. The third-order valence-corrected chi connectivity index (χ3v) is 3.79. The summed E-state index contributed by atoms with van der Waals surface area (Å²) in [6.45, 7) is 11.1. The van der Waals surface area contributed by atoms with E-state index in [1.54, 1.807) is 6.92 Å². The molecule has 0 saturated heterocycles. The zero-order valence-corrected chi connectivity index (χ0v) is 13.0. The SMILES string of the molecule is CC(=O)c1ccn(Cc2ccc(C(C)(C)C)cc2)c1C. The van der Waals surface area contributed by atoms with Gasteiger partial charge in [-0.2, -0.15) is 0 Å². The van der Waals surface area contributed by atoms with Crippen molar-refractivity contribution in [2.45, 2.75) is 46.6 Å². The van der Waals surface area contributed by atoms with Crippen LogP contribution >= 0.6 is 0 Å². The predicted octanol–water partition coefficient (Wildman–Crippen LogP) is 4.34. The average molecular weight is 269 g/mol. The number of carbonyl (C=O) groups is 1. The lowest BCUT2D eigenvalue weighted by molar-refractivity contribution is 0.101. The second-order valence-corrected chi connectivity index (χ2v) is 6.45. The van der Waals surface area contributed by atoms with E-state index in [-0.39, 0.29) is 11.2 Å². The minimum absolute atomic E-state index is 0.129. The first-order chi connectivity index (χ1) is 9.29. The van der Waals surface area contributed by atoms with Crippen molar-refractivity contribution in [2.75, 3.05) is 0 Å². The van der Waals surface area contributed by atoms with Crippen LogP contribution in [0.3, 0.4) is 0 Å². The molecule has 0 atom stereocenters. The fourth-order valence-corrected chi connectivity index (χ4v) is 2.40.